The number of hydrogen-bond donors (Lipinski definition) is 1. The molecular weight excluding hydrogens is 525 g/mol. The largest absolute Gasteiger partial charge is 0.487 e. The lowest BCUT2D eigenvalue weighted by atomic mass is 10.2. The number of aryl methyl sites for hydroxylation is 1. The summed E-state index contributed by atoms with van der Waals surface area (Å²) in [5.41, 5.74) is 1.87. The van der Waals surface area contributed by atoms with Crippen LogP contribution in [0.1, 0.15) is 24.1 Å². The third kappa shape index (κ3) is 5.45. The van der Waals surface area contributed by atoms with Gasteiger partial charge in [-0.3, -0.25) is 4.79 Å². The molecule has 1 aliphatic rings. The number of sulfonamides is 1. The van der Waals surface area contributed by atoms with Gasteiger partial charge >= 0.3 is 0 Å². The second kappa shape index (κ2) is 11.3. The van der Waals surface area contributed by atoms with E-state index in [1.165, 1.54) is 23.5 Å². The molecule has 3 aromatic rings. The third-order valence-corrected chi connectivity index (χ3v) is 8.89. The number of amides is 1. The number of para-hydroxylation sites is 1. The van der Waals surface area contributed by atoms with E-state index in [4.69, 9.17) is 32.7 Å². The molecule has 0 aliphatic carbocycles. The van der Waals surface area contributed by atoms with Crippen molar-refractivity contribution in [3.63, 3.8) is 0 Å². The standard InChI is InChI=1S/C25H27Cl2N3O5S/c1-16-8-9-17-5-3-7-21(24(17)29-16)35-15-18-19(26)10-11-22(23(18)27)36(32,33)30-13-4-6-20(30)25(31)28-12-14-34-2/h3,5,7-11,20H,4,6,12-15H2,1-2H3,(H,28,31). The summed E-state index contributed by atoms with van der Waals surface area (Å²) < 4.78 is 39.4. The minimum absolute atomic E-state index is 0.0303. The van der Waals surface area contributed by atoms with Crippen molar-refractivity contribution >= 4 is 50.0 Å². The van der Waals surface area contributed by atoms with Crippen LogP contribution in [0.25, 0.3) is 10.9 Å². The van der Waals surface area contributed by atoms with Gasteiger partial charge in [0.05, 0.1) is 11.6 Å². The molecule has 4 rings (SSSR count). The third-order valence-electron chi connectivity index (χ3n) is 6.04. The van der Waals surface area contributed by atoms with Gasteiger partial charge in [0, 0.05) is 41.9 Å². The molecule has 1 N–H and O–H groups in total. The number of carbonyl (C=O) groups is 1. The highest BCUT2D eigenvalue weighted by atomic mass is 35.5. The van der Waals surface area contributed by atoms with Gasteiger partial charge in [0.15, 0.2) is 0 Å². The molecule has 0 spiro atoms. The van der Waals surface area contributed by atoms with Crippen molar-refractivity contribution in [3.8, 4) is 5.75 Å². The van der Waals surface area contributed by atoms with Crippen LogP contribution in [0.3, 0.4) is 0 Å². The van der Waals surface area contributed by atoms with E-state index in [-0.39, 0.29) is 34.0 Å². The van der Waals surface area contributed by atoms with Crippen LogP contribution in [0, 0.1) is 6.92 Å². The predicted octanol–water partition coefficient (Wildman–Crippen LogP) is 4.34. The monoisotopic (exact) mass is 551 g/mol. The average molecular weight is 552 g/mol. The molecule has 1 saturated heterocycles. The highest BCUT2D eigenvalue weighted by Gasteiger charge is 2.40. The number of benzene rings is 2. The number of methoxy groups -OCH3 is 1. The maximum absolute atomic E-state index is 13.6. The zero-order valence-corrected chi connectivity index (χ0v) is 22.3. The first-order valence-electron chi connectivity index (χ1n) is 11.5. The van der Waals surface area contributed by atoms with E-state index in [2.05, 4.69) is 10.3 Å². The Morgan fingerprint density at radius 2 is 2.00 bits per heavy atom. The van der Waals surface area contributed by atoms with Gasteiger partial charge in [-0.05, 0) is 44.0 Å². The highest BCUT2D eigenvalue weighted by molar-refractivity contribution is 7.89. The Morgan fingerprint density at radius 1 is 1.19 bits per heavy atom. The molecule has 192 valence electrons. The van der Waals surface area contributed by atoms with Crippen molar-refractivity contribution in [2.24, 2.45) is 0 Å². The first-order chi connectivity index (χ1) is 17.2. The van der Waals surface area contributed by atoms with Gasteiger partial charge in [0.2, 0.25) is 15.9 Å². The van der Waals surface area contributed by atoms with Crippen molar-refractivity contribution in [2.45, 2.75) is 37.3 Å². The van der Waals surface area contributed by atoms with Gasteiger partial charge in [0.1, 0.15) is 28.8 Å². The van der Waals surface area contributed by atoms with Crippen molar-refractivity contribution in [2.75, 3.05) is 26.8 Å². The summed E-state index contributed by atoms with van der Waals surface area (Å²) in [4.78, 5) is 17.1. The Balaban J connectivity index is 1.60. The lowest BCUT2D eigenvalue weighted by molar-refractivity contribution is -0.124. The minimum atomic E-state index is -4.07. The van der Waals surface area contributed by atoms with E-state index in [1.54, 1.807) is 6.07 Å². The van der Waals surface area contributed by atoms with Crippen molar-refractivity contribution in [1.82, 2.24) is 14.6 Å². The van der Waals surface area contributed by atoms with Gasteiger partial charge in [0.25, 0.3) is 0 Å². The van der Waals surface area contributed by atoms with Crippen molar-refractivity contribution < 1.29 is 22.7 Å². The Hall–Kier alpha value is -2.43. The van der Waals surface area contributed by atoms with Gasteiger partial charge < -0.3 is 14.8 Å². The summed E-state index contributed by atoms with van der Waals surface area (Å²) in [6.07, 6.45) is 0.989. The maximum Gasteiger partial charge on any atom is 0.245 e. The molecule has 1 unspecified atom stereocenters. The van der Waals surface area contributed by atoms with Crippen LogP contribution in [0.2, 0.25) is 10.0 Å². The lowest BCUT2D eigenvalue weighted by Crippen LogP contribution is -2.46. The topological polar surface area (TPSA) is 97.8 Å². The summed E-state index contributed by atoms with van der Waals surface area (Å²) in [7, 11) is -2.55. The summed E-state index contributed by atoms with van der Waals surface area (Å²) in [6.45, 7) is 2.68. The first-order valence-corrected chi connectivity index (χ1v) is 13.7. The molecule has 36 heavy (non-hydrogen) atoms. The lowest BCUT2D eigenvalue weighted by Gasteiger charge is -2.24. The van der Waals surface area contributed by atoms with Gasteiger partial charge in [-0.15, -0.1) is 0 Å². The molecule has 0 saturated carbocycles. The van der Waals surface area contributed by atoms with Crippen LogP contribution in [-0.4, -0.2) is 56.5 Å². The molecule has 1 aliphatic heterocycles. The number of rotatable bonds is 9. The van der Waals surface area contributed by atoms with E-state index < -0.39 is 16.1 Å². The Kier molecular flexibility index (Phi) is 8.37. The molecular formula is C25H27Cl2N3O5S. The van der Waals surface area contributed by atoms with E-state index >= 15 is 0 Å². The van der Waals surface area contributed by atoms with Crippen LogP contribution in [0.4, 0.5) is 0 Å². The zero-order valence-electron chi connectivity index (χ0n) is 20.0. The van der Waals surface area contributed by atoms with E-state index in [0.717, 1.165) is 11.1 Å². The van der Waals surface area contributed by atoms with Gasteiger partial charge in [-0.2, -0.15) is 4.31 Å². The number of carbonyl (C=O) groups excluding carboxylic acids is 1. The van der Waals surface area contributed by atoms with E-state index in [1.807, 2.05) is 31.2 Å². The molecule has 11 heteroatoms. The molecule has 1 amide bonds. The fraction of sp³-hybridized carbons (Fsp3) is 0.360. The summed E-state index contributed by atoms with van der Waals surface area (Å²) >= 11 is 13.0. The molecule has 1 atom stereocenters. The SMILES string of the molecule is COCCNC(=O)C1CCCN1S(=O)(=O)c1ccc(Cl)c(COc2cccc3ccc(C)nc23)c1Cl. The van der Waals surface area contributed by atoms with Crippen molar-refractivity contribution in [3.05, 3.63) is 63.8 Å². The smallest absolute Gasteiger partial charge is 0.245 e. The van der Waals surface area contributed by atoms with Gasteiger partial charge in [-0.25, -0.2) is 13.4 Å². The summed E-state index contributed by atoms with van der Waals surface area (Å²) in [6, 6.07) is 11.5. The summed E-state index contributed by atoms with van der Waals surface area (Å²) in [5.74, 6) is 0.171. The molecule has 8 nitrogen and oxygen atoms in total. The maximum atomic E-state index is 13.6. The number of nitrogens with one attached hydrogen (secondary N) is 1. The Labute approximate surface area is 220 Å². The Morgan fingerprint density at radius 3 is 2.78 bits per heavy atom. The number of hydrogen-bond acceptors (Lipinski definition) is 6. The second-order valence-electron chi connectivity index (χ2n) is 8.46. The second-order valence-corrected chi connectivity index (χ2v) is 11.1. The summed E-state index contributed by atoms with van der Waals surface area (Å²) in [5, 5.41) is 3.88. The van der Waals surface area contributed by atoms with E-state index in [9.17, 15) is 13.2 Å². The predicted molar refractivity (Wildman–Crippen MR) is 139 cm³/mol. The molecule has 2 heterocycles. The molecule has 0 bridgehead atoms. The number of halogens is 2. The molecule has 1 aromatic heterocycles. The fourth-order valence-electron chi connectivity index (χ4n) is 4.20. The van der Waals surface area contributed by atoms with Gasteiger partial charge in [-0.1, -0.05) is 41.4 Å². The number of nitrogens with zero attached hydrogens (tertiary/aromatic N) is 2. The van der Waals surface area contributed by atoms with Crippen LogP contribution in [0.15, 0.2) is 47.4 Å². The molecule has 2 aromatic carbocycles. The Bertz CT molecular complexity index is 1380. The van der Waals surface area contributed by atoms with E-state index in [0.29, 0.717) is 42.8 Å². The van der Waals surface area contributed by atoms with Crippen molar-refractivity contribution in [1.29, 1.82) is 0 Å². The first kappa shape index (κ1) is 26.6. The minimum Gasteiger partial charge on any atom is -0.487 e. The quantitative estimate of drug-likeness (QED) is 0.397. The van der Waals surface area contributed by atoms with Crippen LogP contribution in [-0.2, 0) is 26.2 Å². The highest BCUT2D eigenvalue weighted by Crippen LogP contribution is 2.36. The number of aromatic nitrogens is 1. The number of fused-ring (bicyclic) bond motifs is 1. The molecule has 1 fully saturated rings. The van der Waals surface area contributed by atoms with Crippen LogP contribution in [0.5, 0.6) is 5.75 Å². The normalized spacial score (nSPS) is 16.4. The molecule has 0 radical (unpaired) electrons. The number of pyridine rings is 1. The fourth-order valence-corrected chi connectivity index (χ4v) is 6.72. The van der Waals surface area contributed by atoms with Crippen LogP contribution >= 0.6 is 23.2 Å². The zero-order chi connectivity index (χ0) is 25.9. The average Bonchev–Trinajstić information content (AvgIpc) is 3.35. The number of ether oxygens (including phenoxy) is 2. The van der Waals surface area contributed by atoms with Crippen LogP contribution < -0.4 is 10.1 Å².